The lowest BCUT2D eigenvalue weighted by Gasteiger charge is -2.44. The summed E-state index contributed by atoms with van der Waals surface area (Å²) in [5.74, 6) is 0.159. The number of rotatable bonds is 6. The first kappa shape index (κ1) is 22.8. The molecule has 0 saturated heterocycles. The second-order valence-electron chi connectivity index (χ2n) is 9.44. The van der Waals surface area contributed by atoms with E-state index in [0.717, 1.165) is 17.4 Å². The van der Waals surface area contributed by atoms with Crippen LogP contribution in [0, 0.1) is 10.8 Å². The molecule has 0 spiro atoms. The van der Waals surface area contributed by atoms with Crippen LogP contribution in [0.15, 0.2) is 38.8 Å². The molecule has 3 N–H and O–H groups in total. The van der Waals surface area contributed by atoms with Gasteiger partial charge in [-0.1, -0.05) is 20.8 Å². The molecule has 0 radical (unpaired) electrons. The third kappa shape index (κ3) is 5.25. The molecule has 31 heavy (non-hydrogen) atoms. The maximum Gasteiger partial charge on any atom is 0.335 e. The smallest absolute Gasteiger partial charge is 0.335 e. The van der Waals surface area contributed by atoms with Gasteiger partial charge in [0, 0.05) is 12.8 Å². The van der Waals surface area contributed by atoms with Gasteiger partial charge in [0.25, 0.3) is 5.56 Å². The van der Waals surface area contributed by atoms with Gasteiger partial charge >= 0.3 is 5.69 Å². The van der Waals surface area contributed by atoms with E-state index in [1.54, 1.807) is 24.3 Å². The molecule has 1 fully saturated rings. The minimum Gasteiger partial charge on any atom is -0.494 e. The normalized spacial score (nSPS) is 23.2. The minimum atomic E-state index is -0.743. The zero-order valence-corrected chi connectivity index (χ0v) is 18.5. The molecule has 8 heteroatoms. The minimum absolute atomic E-state index is 0.00241. The van der Waals surface area contributed by atoms with E-state index in [1.807, 2.05) is 6.92 Å². The number of hydrogen-bond donors (Lipinski definition) is 3. The molecule has 168 valence electrons. The van der Waals surface area contributed by atoms with Crippen molar-refractivity contribution in [2.75, 3.05) is 13.2 Å². The summed E-state index contributed by atoms with van der Waals surface area (Å²) in [6, 6.07) is 6.61. The number of nitrogens with zero attached hydrogens (tertiary/aromatic N) is 2. The van der Waals surface area contributed by atoms with Crippen LogP contribution in [0.25, 0.3) is 5.69 Å². The highest BCUT2D eigenvalue weighted by Crippen LogP contribution is 2.46. The van der Waals surface area contributed by atoms with Gasteiger partial charge < -0.3 is 14.9 Å². The van der Waals surface area contributed by atoms with Crippen LogP contribution in [0.3, 0.4) is 0 Å². The van der Waals surface area contributed by atoms with Gasteiger partial charge in [0.15, 0.2) is 0 Å². The third-order valence-electron chi connectivity index (χ3n) is 5.64. The van der Waals surface area contributed by atoms with Crippen LogP contribution in [-0.4, -0.2) is 45.2 Å². The molecule has 1 aliphatic carbocycles. The summed E-state index contributed by atoms with van der Waals surface area (Å²) in [7, 11) is 0. The molecule has 0 bridgehead atoms. The fourth-order valence-electron chi connectivity index (χ4n) is 4.81. The summed E-state index contributed by atoms with van der Waals surface area (Å²) < 4.78 is 6.42. The lowest BCUT2D eigenvalue weighted by Crippen LogP contribution is -2.40. The van der Waals surface area contributed by atoms with Crippen molar-refractivity contribution in [1.82, 2.24) is 9.55 Å². The Balaban J connectivity index is 1.89. The first-order chi connectivity index (χ1) is 14.5. The maximum absolute atomic E-state index is 12.3. The fourth-order valence-corrected chi connectivity index (χ4v) is 4.81. The number of hydrogen-bond acceptors (Lipinski definition) is 6. The van der Waals surface area contributed by atoms with Crippen LogP contribution < -0.4 is 16.0 Å². The second-order valence-corrected chi connectivity index (χ2v) is 9.44. The van der Waals surface area contributed by atoms with Crippen LogP contribution in [0.5, 0.6) is 11.6 Å². The molecule has 1 aliphatic rings. The van der Waals surface area contributed by atoms with Crippen molar-refractivity contribution in [3.63, 3.8) is 0 Å². The van der Waals surface area contributed by atoms with Crippen molar-refractivity contribution in [2.24, 2.45) is 15.8 Å². The Morgan fingerprint density at radius 1 is 1.23 bits per heavy atom. The van der Waals surface area contributed by atoms with E-state index in [9.17, 15) is 19.8 Å². The van der Waals surface area contributed by atoms with Crippen LogP contribution in [0.2, 0.25) is 0 Å². The predicted molar refractivity (Wildman–Crippen MR) is 120 cm³/mol. The molecule has 8 nitrogen and oxygen atoms in total. The van der Waals surface area contributed by atoms with Crippen LogP contribution >= 0.6 is 0 Å². The van der Waals surface area contributed by atoms with Crippen molar-refractivity contribution in [1.29, 1.82) is 0 Å². The Bertz CT molecular complexity index is 1070. The Kier molecular flexibility index (Phi) is 6.40. The number of aromatic nitrogens is 2. The number of aliphatic hydroxyl groups excluding tert-OH is 1. The van der Waals surface area contributed by atoms with Gasteiger partial charge in [-0.05, 0) is 61.3 Å². The van der Waals surface area contributed by atoms with Gasteiger partial charge in [-0.15, -0.1) is 0 Å². The first-order valence-electron chi connectivity index (χ1n) is 10.5. The molecule has 0 unspecified atom stereocenters. The summed E-state index contributed by atoms with van der Waals surface area (Å²) in [6.07, 6.45) is 3.18. The van der Waals surface area contributed by atoms with Crippen molar-refractivity contribution in [3.8, 4) is 17.3 Å². The van der Waals surface area contributed by atoms with Crippen molar-refractivity contribution < 1.29 is 14.9 Å². The lowest BCUT2D eigenvalue weighted by molar-refractivity contribution is -0.00472. The second kappa shape index (κ2) is 8.70. The summed E-state index contributed by atoms with van der Waals surface area (Å²) in [5.41, 5.74) is -1.37. The molecule has 1 heterocycles. The highest BCUT2D eigenvalue weighted by atomic mass is 16.5. The number of ether oxygens (including phenoxy) is 1. The summed E-state index contributed by atoms with van der Waals surface area (Å²) in [4.78, 5) is 31.3. The zero-order valence-electron chi connectivity index (χ0n) is 18.5. The molecular formula is C23H31N3O5. The van der Waals surface area contributed by atoms with Crippen molar-refractivity contribution in [2.45, 2.75) is 53.1 Å². The Morgan fingerprint density at radius 2 is 1.90 bits per heavy atom. The van der Waals surface area contributed by atoms with E-state index in [0.29, 0.717) is 31.0 Å². The van der Waals surface area contributed by atoms with Gasteiger partial charge in [-0.2, -0.15) is 0 Å². The molecule has 2 atom stereocenters. The van der Waals surface area contributed by atoms with Gasteiger partial charge in [0.1, 0.15) is 11.3 Å². The number of aromatic hydroxyl groups is 1. The average Bonchev–Trinajstić information content (AvgIpc) is 2.64. The number of benzene rings is 1. The van der Waals surface area contributed by atoms with E-state index in [-0.39, 0.29) is 22.5 Å². The number of aromatic amines is 1. The van der Waals surface area contributed by atoms with Crippen LogP contribution in [0.4, 0.5) is 0 Å². The molecule has 0 aliphatic heterocycles. The summed E-state index contributed by atoms with van der Waals surface area (Å²) in [5, 5.41) is 20.9. The first-order valence-corrected chi connectivity index (χ1v) is 10.5. The quantitative estimate of drug-likeness (QED) is 0.610. The highest BCUT2D eigenvalue weighted by molar-refractivity contribution is 5.82. The molecule has 2 aromatic rings. The third-order valence-corrected chi connectivity index (χ3v) is 5.64. The van der Waals surface area contributed by atoms with Crippen LogP contribution in [-0.2, 0) is 0 Å². The molecule has 0 amide bonds. The average molecular weight is 430 g/mol. The van der Waals surface area contributed by atoms with Crippen molar-refractivity contribution >= 4 is 6.21 Å². The number of H-pyrrole nitrogens is 1. The van der Waals surface area contributed by atoms with Gasteiger partial charge in [-0.25, -0.2) is 9.36 Å². The monoisotopic (exact) mass is 429 g/mol. The van der Waals surface area contributed by atoms with Gasteiger partial charge in [-0.3, -0.25) is 14.8 Å². The molecule has 3 rings (SSSR count). The Hall–Kier alpha value is -2.87. The molecule has 1 aromatic carbocycles. The molecule has 1 aromatic heterocycles. The number of aliphatic imine (C=N–C) groups is 1. The number of nitrogens with one attached hydrogen (secondary N) is 1. The standard InChI is InChI=1S/C23H31N3O5/c1-5-31-17-8-6-15(7-9-17)26-20(29)18(19(28)25-21(26)30)12-24-14-23(4)11-16(27)10-22(2,3)13-23/h6-9,12,16,27,29H,5,10-11,13-14H2,1-4H3,(H,25,28,30)/t16-,23+/m1/s1. The lowest BCUT2D eigenvalue weighted by atomic mass is 9.63. The largest absolute Gasteiger partial charge is 0.494 e. The topological polar surface area (TPSA) is 117 Å². The van der Waals surface area contributed by atoms with E-state index < -0.39 is 17.1 Å². The fraction of sp³-hybridized carbons (Fsp3) is 0.522. The van der Waals surface area contributed by atoms with Gasteiger partial charge in [0.05, 0.1) is 18.4 Å². The van der Waals surface area contributed by atoms with E-state index >= 15 is 0 Å². The number of aliphatic hydroxyl groups is 1. The molecule has 1 saturated carbocycles. The van der Waals surface area contributed by atoms with Crippen LogP contribution in [0.1, 0.15) is 52.5 Å². The highest BCUT2D eigenvalue weighted by Gasteiger charge is 2.40. The van der Waals surface area contributed by atoms with Gasteiger partial charge in [0.2, 0.25) is 5.88 Å². The Morgan fingerprint density at radius 3 is 2.52 bits per heavy atom. The molecular weight excluding hydrogens is 398 g/mol. The summed E-state index contributed by atoms with van der Waals surface area (Å²) in [6.45, 7) is 9.10. The Labute approximate surface area is 181 Å². The predicted octanol–water partition coefficient (Wildman–Crippen LogP) is 2.63. The maximum atomic E-state index is 12.3. The van der Waals surface area contributed by atoms with E-state index in [2.05, 4.69) is 30.7 Å². The zero-order chi connectivity index (χ0) is 22.8. The SMILES string of the molecule is CCOc1ccc(-n2c(O)c(C=NC[C@@]3(C)C[C@H](O)CC(C)(C)C3)c(=O)[nH]c2=O)cc1. The summed E-state index contributed by atoms with van der Waals surface area (Å²) >= 11 is 0. The van der Waals surface area contributed by atoms with E-state index in [1.165, 1.54) is 6.21 Å². The van der Waals surface area contributed by atoms with E-state index in [4.69, 9.17) is 4.74 Å². The van der Waals surface area contributed by atoms with Crippen molar-refractivity contribution in [3.05, 3.63) is 50.7 Å².